The summed E-state index contributed by atoms with van der Waals surface area (Å²) in [6, 6.07) is 4.75. The van der Waals surface area contributed by atoms with Crippen LogP contribution in [0.2, 0.25) is 0 Å². The van der Waals surface area contributed by atoms with Crippen LogP contribution in [-0.2, 0) is 13.2 Å². The van der Waals surface area contributed by atoms with E-state index in [1.165, 1.54) is 13.2 Å². The summed E-state index contributed by atoms with van der Waals surface area (Å²) in [6.07, 6.45) is 3.53. The molecule has 2 aromatic rings. The zero-order chi connectivity index (χ0) is 14.5. The summed E-state index contributed by atoms with van der Waals surface area (Å²) in [4.78, 5) is 15.4. The van der Waals surface area contributed by atoms with Gasteiger partial charge in [-0.3, -0.25) is 0 Å². The Morgan fingerprint density at radius 3 is 2.90 bits per heavy atom. The average molecular weight is 276 g/mol. The normalized spacial score (nSPS) is 10.3. The molecular formula is C14H16N2O4. The van der Waals surface area contributed by atoms with Gasteiger partial charge < -0.3 is 19.1 Å². The number of aryl methyl sites for hydroxylation is 1. The van der Waals surface area contributed by atoms with E-state index in [9.17, 15) is 9.90 Å². The van der Waals surface area contributed by atoms with Gasteiger partial charge in [-0.1, -0.05) is 6.07 Å². The van der Waals surface area contributed by atoms with Gasteiger partial charge in [0.1, 0.15) is 18.0 Å². The monoisotopic (exact) mass is 276 g/mol. The van der Waals surface area contributed by atoms with Crippen molar-refractivity contribution >= 4 is 5.97 Å². The first-order valence-corrected chi connectivity index (χ1v) is 6.20. The molecule has 106 valence electrons. The molecule has 0 fully saturated rings. The summed E-state index contributed by atoms with van der Waals surface area (Å²) in [5.74, 6) is 0.278. The molecule has 0 radical (unpaired) electrons. The highest BCUT2D eigenvalue weighted by molar-refractivity contribution is 5.92. The number of nitrogens with zero attached hydrogens (tertiary/aromatic N) is 2. The molecule has 0 aliphatic carbocycles. The van der Waals surface area contributed by atoms with E-state index in [4.69, 9.17) is 9.47 Å². The summed E-state index contributed by atoms with van der Waals surface area (Å²) in [5.41, 5.74) is 0.0685. The fourth-order valence-electron chi connectivity index (χ4n) is 1.90. The maximum atomic E-state index is 11.2. The molecule has 0 aliphatic rings. The Balaban J connectivity index is 2.26. The largest absolute Gasteiger partial charge is 0.493 e. The summed E-state index contributed by atoms with van der Waals surface area (Å²) in [6.45, 7) is 2.95. The van der Waals surface area contributed by atoms with Crippen molar-refractivity contribution in [2.24, 2.45) is 0 Å². The van der Waals surface area contributed by atoms with Crippen LogP contribution in [0.5, 0.6) is 11.5 Å². The summed E-state index contributed by atoms with van der Waals surface area (Å²) < 4.78 is 12.7. The first-order valence-electron chi connectivity index (χ1n) is 6.20. The number of imidazole rings is 1. The molecule has 1 N–H and O–H groups in total. The average Bonchev–Trinajstić information content (AvgIpc) is 2.91. The second-order valence-electron chi connectivity index (χ2n) is 4.06. The second-order valence-corrected chi connectivity index (χ2v) is 4.06. The van der Waals surface area contributed by atoms with E-state index >= 15 is 0 Å². The van der Waals surface area contributed by atoms with Crippen LogP contribution in [-0.4, -0.2) is 27.7 Å². The van der Waals surface area contributed by atoms with Crippen molar-refractivity contribution in [2.75, 3.05) is 7.11 Å². The molecule has 0 saturated heterocycles. The van der Waals surface area contributed by atoms with Crippen LogP contribution in [0, 0.1) is 0 Å². The van der Waals surface area contributed by atoms with Crippen LogP contribution in [0.1, 0.15) is 23.1 Å². The molecule has 6 nitrogen and oxygen atoms in total. The lowest BCUT2D eigenvalue weighted by molar-refractivity contribution is 0.0690. The van der Waals surface area contributed by atoms with Gasteiger partial charge in [-0.25, -0.2) is 9.78 Å². The van der Waals surface area contributed by atoms with E-state index in [0.717, 1.165) is 12.4 Å². The third-order valence-corrected chi connectivity index (χ3v) is 2.92. The lowest BCUT2D eigenvalue weighted by Gasteiger charge is -2.13. The number of carboxylic acid groups (broad SMARTS) is 1. The number of hydrogen-bond donors (Lipinski definition) is 1. The predicted octanol–water partition coefficient (Wildman–Crippen LogP) is 2.19. The van der Waals surface area contributed by atoms with E-state index in [1.54, 1.807) is 18.3 Å². The standard InChI is InChI=1S/C14H16N2O4/c1-3-16-8-7-15-12(16)9-20-13-10(14(17)18)5-4-6-11(13)19-2/h4-8H,3,9H2,1-2H3,(H,17,18). The first kappa shape index (κ1) is 13.9. The second kappa shape index (κ2) is 6.10. The number of carbonyl (C=O) groups is 1. The quantitative estimate of drug-likeness (QED) is 0.875. The van der Waals surface area contributed by atoms with Gasteiger partial charge in [-0.15, -0.1) is 0 Å². The molecule has 0 saturated carbocycles. The zero-order valence-electron chi connectivity index (χ0n) is 11.4. The van der Waals surface area contributed by atoms with E-state index < -0.39 is 5.97 Å². The van der Waals surface area contributed by atoms with Crippen molar-refractivity contribution in [1.29, 1.82) is 0 Å². The molecule has 1 heterocycles. The molecule has 20 heavy (non-hydrogen) atoms. The Morgan fingerprint density at radius 1 is 1.45 bits per heavy atom. The highest BCUT2D eigenvalue weighted by Crippen LogP contribution is 2.31. The van der Waals surface area contributed by atoms with Crippen molar-refractivity contribution in [3.8, 4) is 11.5 Å². The number of carboxylic acids is 1. The highest BCUT2D eigenvalue weighted by atomic mass is 16.5. The van der Waals surface area contributed by atoms with Crippen LogP contribution in [0.15, 0.2) is 30.6 Å². The number of ether oxygens (including phenoxy) is 2. The molecule has 1 aromatic heterocycles. The number of aromatic nitrogens is 2. The molecule has 0 amide bonds. The third-order valence-electron chi connectivity index (χ3n) is 2.92. The summed E-state index contributed by atoms with van der Waals surface area (Å²) >= 11 is 0. The van der Waals surface area contributed by atoms with E-state index in [2.05, 4.69) is 4.98 Å². The minimum Gasteiger partial charge on any atom is -0.493 e. The van der Waals surface area contributed by atoms with Crippen molar-refractivity contribution in [1.82, 2.24) is 9.55 Å². The van der Waals surface area contributed by atoms with Crippen LogP contribution in [0.4, 0.5) is 0 Å². The van der Waals surface area contributed by atoms with Gasteiger partial charge in [-0.2, -0.15) is 0 Å². The van der Waals surface area contributed by atoms with E-state index in [1.807, 2.05) is 17.7 Å². The maximum Gasteiger partial charge on any atom is 0.339 e. The van der Waals surface area contributed by atoms with Crippen LogP contribution in [0.25, 0.3) is 0 Å². The maximum absolute atomic E-state index is 11.2. The lowest BCUT2D eigenvalue weighted by atomic mass is 10.2. The van der Waals surface area contributed by atoms with Crippen LogP contribution >= 0.6 is 0 Å². The van der Waals surface area contributed by atoms with Gasteiger partial charge >= 0.3 is 5.97 Å². The minimum atomic E-state index is -1.06. The zero-order valence-corrected chi connectivity index (χ0v) is 11.4. The van der Waals surface area contributed by atoms with Crippen LogP contribution in [0.3, 0.4) is 0 Å². The molecule has 6 heteroatoms. The molecule has 0 spiro atoms. The topological polar surface area (TPSA) is 73.6 Å². The molecule has 0 bridgehead atoms. The van der Waals surface area contributed by atoms with Gasteiger partial charge in [0.2, 0.25) is 0 Å². The molecule has 0 atom stereocenters. The molecular weight excluding hydrogens is 260 g/mol. The first-order chi connectivity index (χ1) is 9.67. The number of methoxy groups -OCH3 is 1. The number of hydrogen-bond acceptors (Lipinski definition) is 4. The highest BCUT2D eigenvalue weighted by Gasteiger charge is 2.17. The van der Waals surface area contributed by atoms with E-state index in [0.29, 0.717) is 5.75 Å². The van der Waals surface area contributed by atoms with Gasteiger partial charge in [0, 0.05) is 18.9 Å². The van der Waals surface area contributed by atoms with E-state index in [-0.39, 0.29) is 17.9 Å². The Kier molecular flexibility index (Phi) is 4.24. The Labute approximate surface area is 116 Å². The van der Waals surface area contributed by atoms with Crippen molar-refractivity contribution < 1.29 is 19.4 Å². The van der Waals surface area contributed by atoms with Gasteiger partial charge in [0.25, 0.3) is 0 Å². The summed E-state index contributed by atoms with van der Waals surface area (Å²) in [5, 5.41) is 9.19. The Bertz CT molecular complexity index is 607. The number of para-hydroxylation sites is 1. The minimum absolute atomic E-state index is 0.0685. The van der Waals surface area contributed by atoms with Crippen molar-refractivity contribution in [3.63, 3.8) is 0 Å². The third kappa shape index (κ3) is 2.74. The van der Waals surface area contributed by atoms with Crippen LogP contribution < -0.4 is 9.47 Å². The molecule has 0 unspecified atom stereocenters. The molecule has 0 aliphatic heterocycles. The predicted molar refractivity (Wildman–Crippen MR) is 72.2 cm³/mol. The Morgan fingerprint density at radius 2 is 2.25 bits per heavy atom. The molecule has 2 rings (SSSR count). The van der Waals surface area contributed by atoms with Gasteiger partial charge in [0.05, 0.1) is 7.11 Å². The van der Waals surface area contributed by atoms with Crippen molar-refractivity contribution in [3.05, 3.63) is 42.0 Å². The number of benzene rings is 1. The Hall–Kier alpha value is -2.50. The number of rotatable bonds is 6. The van der Waals surface area contributed by atoms with Gasteiger partial charge in [-0.05, 0) is 19.1 Å². The SMILES string of the molecule is CCn1ccnc1COc1c(OC)cccc1C(=O)O. The number of aromatic carboxylic acids is 1. The smallest absolute Gasteiger partial charge is 0.339 e. The van der Waals surface area contributed by atoms with Gasteiger partial charge in [0.15, 0.2) is 11.5 Å². The summed E-state index contributed by atoms with van der Waals surface area (Å²) in [7, 11) is 1.47. The molecule has 1 aromatic carbocycles. The fourth-order valence-corrected chi connectivity index (χ4v) is 1.90. The van der Waals surface area contributed by atoms with Crippen molar-refractivity contribution in [2.45, 2.75) is 20.1 Å². The lowest BCUT2D eigenvalue weighted by Crippen LogP contribution is -2.09. The fraction of sp³-hybridized carbons (Fsp3) is 0.286.